The highest BCUT2D eigenvalue weighted by atomic mass is 79.9. The van der Waals surface area contributed by atoms with Crippen molar-refractivity contribution in [2.24, 2.45) is 5.92 Å². The van der Waals surface area contributed by atoms with Gasteiger partial charge in [-0.15, -0.1) is 0 Å². The number of rotatable bonds is 5. The largest absolute Gasteiger partial charge is 0.437 e. The predicted octanol–water partition coefficient (Wildman–Crippen LogP) is 5.67. The molecule has 1 aliphatic rings. The van der Waals surface area contributed by atoms with E-state index in [-0.39, 0.29) is 5.95 Å². The van der Waals surface area contributed by atoms with Crippen molar-refractivity contribution in [1.82, 2.24) is 15.3 Å². The Kier molecular flexibility index (Phi) is 6.94. The third kappa shape index (κ3) is 6.31. The van der Waals surface area contributed by atoms with E-state index in [1.807, 2.05) is 0 Å². The van der Waals surface area contributed by atoms with Gasteiger partial charge in [-0.25, -0.2) is 14.8 Å². The second-order valence-electron chi connectivity index (χ2n) is 6.81. The van der Waals surface area contributed by atoms with Crippen LogP contribution in [0.25, 0.3) is 0 Å². The first-order valence-corrected chi connectivity index (χ1v) is 10.0. The molecule has 10 heteroatoms. The highest BCUT2D eigenvalue weighted by Gasteiger charge is 2.38. The number of ether oxygens (including phenoxy) is 1. The SMILES string of the molecule is O=C(NCC1CCCCC1)Oc1cnc(Nc2cccc(Br)c2)nc1C(F)(F)F. The summed E-state index contributed by atoms with van der Waals surface area (Å²) in [6, 6.07) is 6.81. The Bertz CT molecular complexity index is 858. The van der Waals surface area contributed by atoms with Gasteiger partial charge in [0.15, 0.2) is 11.4 Å². The van der Waals surface area contributed by atoms with E-state index < -0.39 is 23.7 Å². The lowest BCUT2D eigenvalue weighted by molar-refractivity contribution is -0.142. The average Bonchev–Trinajstić information content (AvgIpc) is 2.68. The Labute approximate surface area is 174 Å². The summed E-state index contributed by atoms with van der Waals surface area (Å²) in [5, 5.41) is 5.23. The van der Waals surface area contributed by atoms with Crippen molar-refractivity contribution in [3.05, 3.63) is 40.6 Å². The van der Waals surface area contributed by atoms with Crippen LogP contribution in [0.1, 0.15) is 37.8 Å². The van der Waals surface area contributed by atoms with Crippen LogP contribution in [0.4, 0.5) is 29.6 Å². The maximum atomic E-state index is 13.4. The fourth-order valence-electron chi connectivity index (χ4n) is 3.16. The van der Waals surface area contributed by atoms with Gasteiger partial charge in [0.05, 0.1) is 6.20 Å². The summed E-state index contributed by atoms with van der Waals surface area (Å²) in [5.74, 6) is -0.671. The van der Waals surface area contributed by atoms with Crippen molar-refractivity contribution >= 4 is 33.7 Å². The summed E-state index contributed by atoms with van der Waals surface area (Å²) in [4.78, 5) is 19.3. The van der Waals surface area contributed by atoms with Crippen molar-refractivity contribution in [3.63, 3.8) is 0 Å². The number of alkyl halides is 3. The molecule has 0 spiro atoms. The van der Waals surface area contributed by atoms with Gasteiger partial charge in [0.2, 0.25) is 5.95 Å². The maximum absolute atomic E-state index is 13.4. The van der Waals surface area contributed by atoms with Crippen LogP contribution in [0.2, 0.25) is 0 Å². The smallest absolute Gasteiger partial charge is 0.406 e. The van der Waals surface area contributed by atoms with Gasteiger partial charge in [0.1, 0.15) is 0 Å². The monoisotopic (exact) mass is 472 g/mol. The van der Waals surface area contributed by atoms with Gasteiger partial charge in [-0.05, 0) is 37.0 Å². The van der Waals surface area contributed by atoms with Crippen LogP contribution in [-0.4, -0.2) is 22.6 Å². The first kappa shape index (κ1) is 21.4. The third-order valence-electron chi connectivity index (χ3n) is 4.57. The van der Waals surface area contributed by atoms with Crippen LogP contribution in [-0.2, 0) is 6.18 Å². The number of hydrogen-bond acceptors (Lipinski definition) is 5. The molecule has 1 aliphatic carbocycles. The van der Waals surface area contributed by atoms with Crippen LogP contribution in [0.15, 0.2) is 34.9 Å². The van der Waals surface area contributed by atoms with Crippen LogP contribution in [0, 0.1) is 5.92 Å². The highest BCUT2D eigenvalue weighted by molar-refractivity contribution is 9.10. The molecular formula is C19H20BrF3N4O2. The number of nitrogens with one attached hydrogen (secondary N) is 2. The number of amides is 1. The zero-order valence-electron chi connectivity index (χ0n) is 15.4. The summed E-state index contributed by atoms with van der Waals surface area (Å²) in [6.07, 6.45) is 0.442. The maximum Gasteiger partial charge on any atom is 0.437 e. The minimum atomic E-state index is -4.81. The van der Waals surface area contributed by atoms with E-state index in [9.17, 15) is 18.0 Å². The lowest BCUT2D eigenvalue weighted by Crippen LogP contribution is -2.33. The van der Waals surface area contributed by atoms with Crippen molar-refractivity contribution in [3.8, 4) is 5.75 Å². The van der Waals surface area contributed by atoms with Gasteiger partial charge in [0.25, 0.3) is 0 Å². The molecule has 0 radical (unpaired) electrons. The molecule has 0 aliphatic heterocycles. The van der Waals surface area contributed by atoms with Crippen molar-refractivity contribution in [2.45, 2.75) is 38.3 Å². The summed E-state index contributed by atoms with van der Waals surface area (Å²) in [6.45, 7) is 0.379. The number of carbonyl (C=O) groups excluding carboxylic acids is 1. The summed E-state index contributed by atoms with van der Waals surface area (Å²) in [5.41, 5.74) is -0.816. The molecule has 1 amide bonds. The molecular weight excluding hydrogens is 453 g/mol. The molecule has 0 atom stereocenters. The highest BCUT2D eigenvalue weighted by Crippen LogP contribution is 2.35. The van der Waals surface area contributed by atoms with Gasteiger partial charge in [-0.3, -0.25) is 0 Å². The molecule has 2 N–H and O–H groups in total. The second-order valence-corrected chi connectivity index (χ2v) is 7.73. The van der Waals surface area contributed by atoms with Crippen molar-refractivity contribution in [1.29, 1.82) is 0 Å². The van der Waals surface area contributed by atoms with E-state index in [1.54, 1.807) is 24.3 Å². The number of anilines is 2. The Morgan fingerprint density at radius 3 is 2.69 bits per heavy atom. The molecule has 1 heterocycles. The molecule has 0 bridgehead atoms. The Hall–Kier alpha value is -2.36. The van der Waals surface area contributed by atoms with E-state index in [0.717, 1.165) is 36.4 Å². The lowest BCUT2D eigenvalue weighted by atomic mass is 9.89. The van der Waals surface area contributed by atoms with Crippen LogP contribution < -0.4 is 15.4 Å². The topological polar surface area (TPSA) is 76.1 Å². The van der Waals surface area contributed by atoms with E-state index in [1.165, 1.54) is 6.42 Å². The fourth-order valence-corrected chi connectivity index (χ4v) is 3.56. The predicted molar refractivity (Wildman–Crippen MR) is 105 cm³/mol. The van der Waals surface area contributed by atoms with Gasteiger partial charge in [-0.1, -0.05) is 41.3 Å². The molecule has 1 fully saturated rings. The first-order chi connectivity index (χ1) is 13.8. The van der Waals surface area contributed by atoms with Crippen LogP contribution in [0.3, 0.4) is 0 Å². The van der Waals surface area contributed by atoms with Crippen LogP contribution >= 0.6 is 15.9 Å². The lowest BCUT2D eigenvalue weighted by Gasteiger charge is -2.21. The summed E-state index contributed by atoms with van der Waals surface area (Å²) in [7, 11) is 0. The van der Waals surface area contributed by atoms with Gasteiger partial charge in [-0.2, -0.15) is 13.2 Å². The van der Waals surface area contributed by atoms with Crippen LogP contribution in [0.5, 0.6) is 5.75 Å². The van der Waals surface area contributed by atoms with E-state index >= 15 is 0 Å². The fraction of sp³-hybridized carbons (Fsp3) is 0.421. The normalized spacial score (nSPS) is 15.0. The zero-order chi connectivity index (χ0) is 20.9. The number of carbonyl (C=O) groups is 1. The number of hydrogen-bond donors (Lipinski definition) is 2. The summed E-state index contributed by atoms with van der Waals surface area (Å²) >= 11 is 3.28. The average molecular weight is 473 g/mol. The third-order valence-corrected chi connectivity index (χ3v) is 5.06. The minimum absolute atomic E-state index is 0.259. The van der Waals surface area contributed by atoms with Gasteiger partial charge in [0, 0.05) is 16.7 Å². The van der Waals surface area contributed by atoms with Crippen molar-refractivity contribution in [2.75, 3.05) is 11.9 Å². The van der Waals surface area contributed by atoms with E-state index in [0.29, 0.717) is 18.2 Å². The molecule has 1 aromatic carbocycles. The second kappa shape index (κ2) is 9.43. The molecule has 156 valence electrons. The molecule has 1 aromatic heterocycles. The first-order valence-electron chi connectivity index (χ1n) is 9.24. The molecule has 0 saturated heterocycles. The van der Waals surface area contributed by atoms with Gasteiger partial charge < -0.3 is 15.4 Å². The quantitative estimate of drug-likeness (QED) is 0.586. The molecule has 6 nitrogen and oxygen atoms in total. The Morgan fingerprint density at radius 2 is 2.00 bits per heavy atom. The van der Waals surface area contributed by atoms with E-state index in [4.69, 9.17) is 4.74 Å². The standard InChI is InChI=1S/C19H20BrF3N4O2/c20-13-7-4-8-14(9-13)26-17-24-11-15(16(27-17)19(21,22)23)29-18(28)25-10-12-5-2-1-3-6-12/h4,7-9,11-12H,1-3,5-6,10H2,(H,25,28)(H,24,26,27). The minimum Gasteiger partial charge on any atom is -0.406 e. The Morgan fingerprint density at radius 1 is 1.24 bits per heavy atom. The summed E-state index contributed by atoms with van der Waals surface area (Å²) < 4.78 is 45.9. The molecule has 0 unspecified atom stereocenters. The molecule has 3 rings (SSSR count). The van der Waals surface area contributed by atoms with Crippen molar-refractivity contribution < 1.29 is 22.7 Å². The zero-order valence-corrected chi connectivity index (χ0v) is 17.0. The number of benzene rings is 1. The van der Waals surface area contributed by atoms with Gasteiger partial charge >= 0.3 is 12.3 Å². The number of halogens is 4. The van der Waals surface area contributed by atoms with E-state index in [2.05, 4.69) is 36.5 Å². The molecule has 1 saturated carbocycles. The molecule has 29 heavy (non-hydrogen) atoms. The number of nitrogens with zero attached hydrogens (tertiary/aromatic N) is 2. The Balaban J connectivity index is 1.69. The number of aromatic nitrogens is 2. The molecule has 2 aromatic rings.